The fourth-order valence-corrected chi connectivity index (χ4v) is 3.58. The van der Waals surface area contributed by atoms with Crippen molar-refractivity contribution in [2.75, 3.05) is 0 Å². The van der Waals surface area contributed by atoms with Crippen LogP contribution in [-0.4, -0.2) is 12.1 Å². The molecule has 0 bridgehead atoms. The Morgan fingerprint density at radius 2 is 1.90 bits per heavy atom. The van der Waals surface area contributed by atoms with Gasteiger partial charge >= 0.3 is 5.97 Å². The summed E-state index contributed by atoms with van der Waals surface area (Å²) in [5, 5.41) is 0. The predicted octanol–water partition coefficient (Wildman–Crippen LogP) is 4.59. The number of carbonyl (C=O) groups excluding carboxylic acids is 1. The third-order valence-corrected chi connectivity index (χ3v) is 4.92. The maximum Gasteiger partial charge on any atom is 0.309 e. The van der Waals surface area contributed by atoms with E-state index in [0.29, 0.717) is 23.7 Å². The van der Waals surface area contributed by atoms with Gasteiger partial charge < -0.3 is 4.74 Å². The van der Waals surface area contributed by atoms with Gasteiger partial charge in [0.1, 0.15) is 6.10 Å². The van der Waals surface area contributed by atoms with Gasteiger partial charge in [0.25, 0.3) is 0 Å². The van der Waals surface area contributed by atoms with Crippen LogP contribution in [0.1, 0.15) is 60.3 Å². The molecule has 0 aromatic rings. The number of rotatable bonds is 4. The highest BCUT2D eigenvalue weighted by Gasteiger charge is 2.44. The molecule has 0 aliphatic heterocycles. The maximum absolute atomic E-state index is 12.3. The van der Waals surface area contributed by atoms with Crippen molar-refractivity contribution in [1.82, 2.24) is 0 Å². The third kappa shape index (κ3) is 3.86. The largest absolute Gasteiger partial charge is 0.462 e. The van der Waals surface area contributed by atoms with Crippen LogP contribution in [0.2, 0.25) is 0 Å². The van der Waals surface area contributed by atoms with Crippen molar-refractivity contribution in [1.29, 1.82) is 0 Å². The first-order valence-electron chi connectivity index (χ1n) is 8.24. The molecule has 0 spiro atoms. The van der Waals surface area contributed by atoms with Gasteiger partial charge in [-0.25, -0.2) is 0 Å². The average molecular weight is 278 g/mol. The summed E-state index contributed by atoms with van der Waals surface area (Å²) in [6.45, 7) is 11.0. The lowest BCUT2D eigenvalue weighted by atomic mass is 9.75. The number of hydrogen-bond donors (Lipinski definition) is 0. The zero-order valence-corrected chi connectivity index (χ0v) is 13.7. The summed E-state index contributed by atoms with van der Waals surface area (Å²) in [5.74, 6) is 2.47. The fraction of sp³-hybridized carbons (Fsp3) is 0.833. The normalized spacial score (nSPS) is 36.6. The summed E-state index contributed by atoms with van der Waals surface area (Å²) in [6.07, 6.45) is 6.89. The third-order valence-electron chi connectivity index (χ3n) is 4.92. The molecule has 20 heavy (non-hydrogen) atoms. The van der Waals surface area contributed by atoms with E-state index in [4.69, 9.17) is 4.74 Å². The molecule has 5 unspecified atom stereocenters. The molecule has 5 atom stereocenters. The Morgan fingerprint density at radius 3 is 2.50 bits per heavy atom. The molecule has 0 saturated heterocycles. The van der Waals surface area contributed by atoms with Crippen LogP contribution in [0.4, 0.5) is 0 Å². The van der Waals surface area contributed by atoms with E-state index in [-0.39, 0.29) is 18.0 Å². The Labute approximate surface area is 124 Å². The second-order valence-corrected chi connectivity index (χ2v) is 7.55. The minimum Gasteiger partial charge on any atom is -0.462 e. The standard InChI is InChI=1S/C18H30O2/c1-11(2)8-14-10-16(14)18(19)20-17-9-13(5)6-7-15(17)12(3)4/h8,12-17H,6-7,9-10H2,1-5H3. The molecule has 2 nitrogen and oxygen atoms in total. The van der Waals surface area contributed by atoms with Gasteiger partial charge in [0.2, 0.25) is 0 Å². The first-order valence-corrected chi connectivity index (χ1v) is 8.24. The summed E-state index contributed by atoms with van der Waals surface area (Å²) in [6, 6.07) is 0. The lowest BCUT2D eigenvalue weighted by Crippen LogP contribution is -2.36. The van der Waals surface area contributed by atoms with Crippen molar-refractivity contribution < 1.29 is 9.53 Å². The monoisotopic (exact) mass is 278 g/mol. The molecule has 0 amide bonds. The van der Waals surface area contributed by atoms with Gasteiger partial charge in [-0.2, -0.15) is 0 Å². The van der Waals surface area contributed by atoms with Crippen LogP contribution in [0.25, 0.3) is 0 Å². The predicted molar refractivity (Wildman–Crippen MR) is 82.3 cm³/mol. The highest BCUT2D eigenvalue weighted by atomic mass is 16.5. The van der Waals surface area contributed by atoms with E-state index < -0.39 is 0 Å². The van der Waals surface area contributed by atoms with E-state index in [9.17, 15) is 4.79 Å². The van der Waals surface area contributed by atoms with Gasteiger partial charge in [-0.1, -0.05) is 38.8 Å². The van der Waals surface area contributed by atoms with Crippen LogP contribution < -0.4 is 0 Å². The van der Waals surface area contributed by atoms with Gasteiger partial charge in [-0.15, -0.1) is 0 Å². The summed E-state index contributed by atoms with van der Waals surface area (Å²) in [7, 11) is 0. The number of hydrogen-bond acceptors (Lipinski definition) is 2. The van der Waals surface area contributed by atoms with Gasteiger partial charge in [0.05, 0.1) is 5.92 Å². The first-order chi connectivity index (χ1) is 9.38. The van der Waals surface area contributed by atoms with Crippen LogP contribution in [0, 0.1) is 29.6 Å². The van der Waals surface area contributed by atoms with Crippen molar-refractivity contribution in [3.8, 4) is 0 Å². The summed E-state index contributed by atoms with van der Waals surface area (Å²) in [4.78, 5) is 12.3. The summed E-state index contributed by atoms with van der Waals surface area (Å²) in [5.41, 5.74) is 1.30. The van der Waals surface area contributed by atoms with Crippen LogP contribution in [0.5, 0.6) is 0 Å². The van der Waals surface area contributed by atoms with Crippen LogP contribution in [0.3, 0.4) is 0 Å². The van der Waals surface area contributed by atoms with Gasteiger partial charge in [-0.3, -0.25) is 4.79 Å². The van der Waals surface area contributed by atoms with E-state index in [2.05, 4.69) is 40.7 Å². The van der Waals surface area contributed by atoms with Crippen LogP contribution in [-0.2, 0) is 9.53 Å². The van der Waals surface area contributed by atoms with Gasteiger partial charge in [0, 0.05) is 0 Å². The Kier molecular flexibility index (Phi) is 4.93. The second kappa shape index (κ2) is 6.32. The molecule has 114 valence electrons. The SMILES string of the molecule is CC(C)=CC1CC1C(=O)OC1CC(C)CCC1C(C)C. The Morgan fingerprint density at radius 1 is 1.20 bits per heavy atom. The molecule has 2 saturated carbocycles. The molecule has 2 rings (SSSR count). The molecule has 0 aromatic heterocycles. The van der Waals surface area contributed by atoms with Crippen molar-refractivity contribution in [3.05, 3.63) is 11.6 Å². The molecule has 0 aromatic carbocycles. The molecule has 2 aliphatic carbocycles. The highest BCUT2D eigenvalue weighted by Crippen LogP contribution is 2.43. The summed E-state index contributed by atoms with van der Waals surface area (Å²) < 4.78 is 5.90. The van der Waals surface area contributed by atoms with E-state index in [1.54, 1.807) is 0 Å². The molecular formula is C18H30O2. The molecule has 2 aliphatic rings. The van der Waals surface area contributed by atoms with Crippen molar-refractivity contribution >= 4 is 5.97 Å². The van der Waals surface area contributed by atoms with E-state index in [1.165, 1.54) is 18.4 Å². The zero-order chi connectivity index (χ0) is 14.9. The lowest BCUT2D eigenvalue weighted by molar-refractivity contribution is -0.157. The zero-order valence-electron chi connectivity index (χ0n) is 13.7. The van der Waals surface area contributed by atoms with E-state index >= 15 is 0 Å². The van der Waals surface area contributed by atoms with E-state index in [1.807, 2.05) is 0 Å². The van der Waals surface area contributed by atoms with Gasteiger partial charge in [0.15, 0.2) is 0 Å². The Balaban J connectivity index is 1.90. The van der Waals surface area contributed by atoms with E-state index in [0.717, 1.165) is 12.8 Å². The molecular weight excluding hydrogens is 248 g/mol. The summed E-state index contributed by atoms with van der Waals surface area (Å²) >= 11 is 0. The van der Waals surface area contributed by atoms with Gasteiger partial charge in [-0.05, 0) is 56.8 Å². The topological polar surface area (TPSA) is 26.3 Å². The Bertz CT molecular complexity index is 379. The molecule has 0 N–H and O–H groups in total. The maximum atomic E-state index is 12.3. The minimum absolute atomic E-state index is 0.0530. The van der Waals surface area contributed by atoms with Crippen LogP contribution in [0.15, 0.2) is 11.6 Å². The molecule has 0 heterocycles. The quantitative estimate of drug-likeness (QED) is 0.555. The molecule has 2 heteroatoms. The number of esters is 1. The second-order valence-electron chi connectivity index (χ2n) is 7.55. The highest BCUT2D eigenvalue weighted by molar-refractivity contribution is 5.76. The number of ether oxygens (including phenoxy) is 1. The first kappa shape index (κ1) is 15.6. The minimum atomic E-state index is 0.0530. The number of allylic oxidation sites excluding steroid dienone is 2. The lowest BCUT2D eigenvalue weighted by Gasteiger charge is -2.36. The fourth-order valence-electron chi connectivity index (χ4n) is 3.58. The van der Waals surface area contributed by atoms with Crippen LogP contribution >= 0.6 is 0 Å². The Hall–Kier alpha value is -0.790. The van der Waals surface area contributed by atoms with Crippen molar-refractivity contribution in [2.24, 2.45) is 29.6 Å². The molecule has 2 fully saturated rings. The number of carbonyl (C=O) groups is 1. The molecule has 0 radical (unpaired) electrons. The average Bonchev–Trinajstić information content (AvgIpc) is 3.07. The van der Waals surface area contributed by atoms with Crippen molar-refractivity contribution in [2.45, 2.75) is 66.4 Å². The van der Waals surface area contributed by atoms with Crippen molar-refractivity contribution in [3.63, 3.8) is 0 Å². The smallest absolute Gasteiger partial charge is 0.309 e.